The first-order chi connectivity index (χ1) is 7.99. The number of nitrogens with two attached hydrogens (primary N) is 1. The Bertz CT molecular complexity index is 447. The molecule has 1 aromatic rings. The molecule has 0 saturated heterocycles. The number of aldehydes is 1. The summed E-state index contributed by atoms with van der Waals surface area (Å²) in [4.78, 5) is 21.8. The van der Waals surface area contributed by atoms with E-state index in [1.807, 2.05) is 0 Å². The van der Waals surface area contributed by atoms with Crippen LogP contribution in [0.15, 0.2) is 12.1 Å². The van der Waals surface area contributed by atoms with Crippen LogP contribution in [0.4, 0.5) is 0 Å². The molecule has 17 heavy (non-hydrogen) atoms. The van der Waals surface area contributed by atoms with Crippen molar-refractivity contribution in [2.75, 3.05) is 7.11 Å². The Morgan fingerprint density at radius 2 is 2.18 bits per heavy atom. The van der Waals surface area contributed by atoms with Gasteiger partial charge in [-0.3, -0.25) is 9.59 Å². The number of hydrogen-bond donors (Lipinski definition) is 1. The number of carbonyl (C=O) groups excluding carboxylic acids is 2. The maximum atomic E-state index is 10.9. The number of carbonyl (C=O) groups is 2. The van der Waals surface area contributed by atoms with Crippen LogP contribution in [-0.4, -0.2) is 25.4 Å². The first-order valence-corrected chi connectivity index (χ1v) is 5.16. The fraction of sp³-hybridized carbons (Fsp3) is 0.273. The third-order valence-electron chi connectivity index (χ3n) is 2.09. The van der Waals surface area contributed by atoms with Crippen molar-refractivity contribution in [3.05, 3.63) is 22.7 Å². The topological polar surface area (TPSA) is 78.6 Å². The highest BCUT2D eigenvalue weighted by molar-refractivity contribution is 6.31. The van der Waals surface area contributed by atoms with Gasteiger partial charge in [0, 0.05) is 11.1 Å². The molecule has 0 saturated carbocycles. The number of hydrogen-bond acceptors (Lipinski definition) is 4. The van der Waals surface area contributed by atoms with E-state index in [4.69, 9.17) is 26.8 Å². The summed E-state index contributed by atoms with van der Waals surface area (Å²) in [5.41, 5.74) is 5.27. The Morgan fingerprint density at radius 3 is 2.65 bits per heavy atom. The summed E-state index contributed by atoms with van der Waals surface area (Å²) < 4.78 is 10.3. The zero-order chi connectivity index (χ0) is 13.0. The van der Waals surface area contributed by atoms with Crippen molar-refractivity contribution >= 4 is 23.8 Å². The van der Waals surface area contributed by atoms with Crippen molar-refractivity contribution in [3.8, 4) is 11.5 Å². The highest BCUT2D eigenvalue weighted by atomic mass is 35.5. The molecule has 0 aliphatic carbocycles. The van der Waals surface area contributed by atoms with Gasteiger partial charge in [-0.15, -0.1) is 0 Å². The van der Waals surface area contributed by atoms with Crippen LogP contribution in [0.3, 0.4) is 0 Å². The molecule has 0 aliphatic heterocycles. The molecule has 0 bridgehead atoms. The second-order valence-corrected chi connectivity index (χ2v) is 3.74. The number of amides is 1. The second kappa shape index (κ2) is 5.54. The molecule has 92 valence electrons. The number of benzene rings is 1. The first kappa shape index (κ1) is 13.3. The number of halogens is 1. The van der Waals surface area contributed by atoms with E-state index in [9.17, 15) is 9.59 Å². The summed E-state index contributed by atoms with van der Waals surface area (Å²) in [7, 11) is 1.40. The molecular formula is C11H12ClNO4. The van der Waals surface area contributed by atoms with E-state index in [0.717, 1.165) is 0 Å². The van der Waals surface area contributed by atoms with Gasteiger partial charge < -0.3 is 15.2 Å². The van der Waals surface area contributed by atoms with Crippen molar-refractivity contribution in [1.29, 1.82) is 0 Å². The number of primary amides is 1. The van der Waals surface area contributed by atoms with Crippen molar-refractivity contribution in [2.24, 2.45) is 5.73 Å². The maximum Gasteiger partial charge on any atom is 0.258 e. The summed E-state index contributed by atoms with van der Waals surface area (Å²) in [6, 6.07) is 2.90. The molecule has 0 aliphatic rings. The van der Waals surface area contributed by atoms with E-state index in [2.05, 4.69) is 0 Å². The minimum atomic E-state index is -0.872. The van der Waals surface area contributed by atoms with Gasteiger partial charge in [0.1, 0.15) is 0 Å². The number of ether oxygens (including phenoxy) is 2. The SMILES string of the molecule is COc1cc(Cl)cc(C=O)c1OC(C)C(N)=O. The maximum absolute atomic E-state index is 10.9. The first-order valence-electron chi connectivity index (χ1n) is 4.78. The Morgan fingerprint density at radius 1 is 1.53 bits per heavy atom. The van der Waals surface area contributed by atoms with Crippen molar-refractivity contribution < 1.29 is 19.1 Å². The largest absolute Gasteiger partial charge is 0.493 e. The molecule has 0 aromatic heterocycles. The van der Waals surface area contributed by atoms with Crippen molar-refractivity contribution in [2.45, 2.75) is 13.0 Å². The van der Waals surface area contributed by atoms with Crippen LogP contribution in [0.25, 0.3) is 0 Å². The Kier molecular flexibility index (Phi) is 4.34. The summed E-state index contributed by atoms with van der Waals surface area (Å²) in [6.45, 7) is 1.48. The van der Waals surface area contributed by atoms with Crippen LogP contribution in [-0.2, 0) is 4.79 Å². The van der Waals surface area contributed by atoms with Crippen molar-refractivity contribution in [1.82, 2.24) is 0 Å². The summed E-state index contributed by atoms with van der Waals surface area (Å²) >= 11 is 5.79. The van der Waals surface area contributed by atoms with E-state index in [0.29, 0.717) is 11.3 Å². The molecule has 1 aromatic carbocycles. The second-order valence-electron chi connectivity index (χ2n) is 3.31. The third-order valence-corrected chi connectivity index (χ3v) is 2.31. The molecule has 0 radical (unpaired) electrons. The molecule has 0 fully saturated rings. The summed E-state index contributed by atoms with van der Waals surface area (Å²) in [6.07, 6.45) is -0.305. The monoisotopic (exact) mass is 257 g/mol. The molecule has 1 unspecified atom stereocenters. The van der Waals surface area contributed by atoms with E-state index >= 15 is 0 Å². The minimum Gasteiger partial charge on any atom is -0.493 e. The summed E-state index contributed by atoms with van der Waals surface area (Å²) in [5.74, 6) is -0.218. The lowest BCUT2D eigenvalue weighted by Gasteiger charge is -2.16. The van der Waals surface area contributed by atoms with Gasteiger partial charge in [0.15, 0.2) is 23.9 Å². The van der Waals surface area contributed by atoms with Crippen LogP contribution in [0, 0.1) is 0 Å². The fourth-order valence-corrected chi connectivity index (χ4v) is 1.41. The Balaban J connectivity index is 3.19. The molecule has 0 spiro atoms. The predicted octanol–water partition coefficient (Wildman–Crippen LogP) is 1.41. The average Bonchev–Trinajstić information content (AvgIpc) is 2.30. The molecule has 5 nitrogen and oxygen atoms in total. The highest BCUT2D eigenvalue weighted by Gasteiger charge is 2.18. The van der Waals surface area contributed by atoms with Crippen LogP contribution in [0.1, 0.15) is 17.3 Å². The van der Waals surface area contributed by atoms with Gasteiger partial charge >= 0.3 is 0 Å². The standard InChI is InChI=1S/C11H12ClNO4/c1-6(11(13)15)17-10-7(5-14)3-8(12)4-9(10)16-2/h3-6H,1-2H3,(H2,13,15). The number of rotatable bonds is 5. The number of methoxy groups -OCH3 is 1. The molecule has 6 heteroatoms. The van der Waals surface area contributed by atoms with Crippen LogP contribution in [0.5, 0.6) is 11.5 Å². The Hall–Kier alpha value is -1.75. The van der Waals surface area contributed by atoms with E-state index < -0.39 is 12.0 Å². The quantitative estimate of drug-likeness (QED) is 0.809. The van der Waals surface area contributed by atoms with Gasteiger partial charge in [-0.25, -0.2) is 0 Å². The van der Waals surface area contributed by atoms with Crippen LogP contribution < -0.4 is 15.2 Å². The van der Waals surface area contributed by atoms with Crippen LogP contribution >= 0.6 is 11.6 Å². The van der Waals surface area contributed by atoms with Gasteiger partial charge in [0.05, 0.1) is 12.7 Å². The smallest absolute Gasteiger partial charge is 0.258 e. The molecule has 1 amide bonds. The lowest BCUT2D eigenvalue weighted by Crippen LogP contribution is -2.31. The fourth-order valence-electron chi connectivity index (χ4n) is 1.19. The lowest BCUT2D eigenvalue weighted by molar-refractivity contribution is -0.124. The Labute approximate surface area is 103 Å². The van der Waals surface area contributed by atoms with Gasteiger partial charge in [-0.05, 0) is 13.0 Å². The van der Waals surface area contributed by atoms with E-state index in [1.165, 1.54) is 26.2 Å². The van der Waals surface area contributed by atoms with Crippen LogP contribution in [0.2, 0.25) is 5.02 Å². The average molecular weight is 258 g/mol. The normalized spacial score (nSPS) is 11.7. The molecule has 1 atom stereocenters. The van der Waals surface area contributed by atoms with Crippen molar-refractivity contribution in [3.63, 3.8) is 0 Å². The lowest BCUT2D eigenvalue weighted by atomic mass is 10.2. The third kappa shape index (κ3) is 3.10. The van der Waals surface area contributed by atoms with Gasteiger partial charge in [-0.1, -0.05) is 11.6 Å². The molecule has 0 heterocycles. The molecule has 2 N–H and O–H groups in total. The van der Waals surface area contributed by atoms with Gasteiger partial charge in [-0.2, -0.15) is 0 Å². The zero-order valence-electron chi connectivity index (χ0n) is 9.40. The minimum absolute atomic E-state index is 0.151. The zero-order valence-corrected chi connectivity index (χ0v) is 10.2. The van der Waals surface area contributed by atoms with E-state index in [1.54, 1.807) is 0 Å². The molecular weight excluding hydrogens is 246 g/mol. The van der Waals surface area contributed by atoms with E-state index in [-0.39, 0.29) is 17.1 Å². The summed E-state index contributed by atoms with van der Waals surface area (Å²) in [5, 5.41) is 0.336. The van der Waals surface area contributed by atoms with Gasteiger partial charge in [0.25, 0.3) is 5.91 Å². The van der Waals surface area contributed by atoms with Gasteiger partial charge in [0.2, 0.25) is 0 Å². The highest BCUT2D eigenvalue weighted by Crippen LogP contribution is 2.34. The predicted molar refractivity (Wildman–Crippen MR) is 62.7 cm³/mol. The molecule has 1 rings (SSSR count).